The van der Waals surface area contributed by atoms with E-state index in [0.717, 1.165) is 0 Å². The molecule has 0 unspecified atom stereocenters. The van der Waals surface area contributed by atoms with Gasteiger partial charge in [0.05, 0.1) is 17.0 Å². The van der Waals surface area contributed by atoms with Crippen molar-refractivity contribution in [2.45, 2.75) is 11.3 Å². The van der Waals surface area contributed by atoms with Gasteiger partial charge in [-0.1, -0.05) is 12.1 Å². The van der Waals surface area contributed by atoms with Crippen molar-refractivity contribution in [1.29, 1.82) is 5.26 Å². The molecule has 0 spiro atoms. The van der Waals surface area contributed by atoms with E-state index in [-0.39, 0.29) is 29.6 Å². The molecule has 1 aromatic heterocycles. The zero-order valence-electron chi connectivity index (χ0n) is 16.2. The minimum Gasteiger partial charge on any atom is -0.352 e. The van der Waals surface area contributed by atoms with Crippen LogP contribution in [0.5, 0.6) is 0 Å². The molecule has 1 saturated heterocycles. The Bertz CT molecular complexity index is 1150. The van der Waals surface area contributed by atoms with Crippen LogP contribution < -0.4 is 9.62 Å². The maximum atomic E-state index is 12.5. The van der Waals surface area contributed by atoms with Gasteiger partial charge in [0, 0.05) is 44.4 Å². The molecule has 1 aromatic carbocycles. The number of amides is 1. The van der Waals surface area contributed by atoms with Crippen LogP contribution in [0.25, 0.3) is 0 Å². The molecule has 0 radical (unpaired) electrons. The summed E-state index contributed by atoms with van der Waals surface area (Å²) in [7, 11) is -3.57. The number of carbonyl (C=O) groups is 1. The highest BCUT2D eigenvalue weighted by atomic mass is 32.2. The van der Waals surface area contributed by atoms with Crippen LogP contribution in [0.15, 0.2) is 52.5 Å². The Morgan fingerprint density at radius 2 is 1.93 bits per heavy atom. The van der Waals surface area contributed by atoms with Gasteiger partial charge in [0.15, 0.2) is 0 Å². The second-order valence-corrected chi connectivity index (χ2v) is 8.59. The summed E-state index contributed by atoms with van der Waals surface area (Å²) in [5, 5.41) is 9.23. The van der Waals surface area contributed by atoms with Crippen molar-refractivity contribution in [3.63, 3.8) is 0 Å². The van der Waals surface area contributed by atoms with E-state index in [0.29, 0.717) is 43.1 Å². The lowest BCUT2D eigenvalue weighted by atomic mass is 10.2. The molecule has 1 fully saturated rings. The molecule has 0 saturated carbocycles. The van der Waals surface area contributed by atoms with E-state index in [9.17, 15) is 18.5 Å². The standard InChI is InChI=1S/C20H20N6O3S/c21-14-15-4-3-8-23-20(15)26-12-10-25(11-13-26)18(27)7-9-22-19-16-5-1-2-6-17(16)30(28,29)24-19/h1-6,8H,7,9-13H2,(H,22,24). The Balaban J connectivity index is 1.33. The van der Waals surface area contributed by atoms with Crippen molar-refractivity contribution >= 4 is 27.6 Å². The van der Waals surface area contributed by atoms with Crippen molar-refractivity contribution < 1.29 is 13.2 Å². The van der Waals surface area contributed by atoms with Gasteiger partial charge in [-0.15, -0.1) is 0 Å². The van der Waals surface area contributed by atoms with E-state index >= 15 is 0 Å². The molecule has 0 atom stereocenters. The molecule has 10 heteroatoms. The number of benzene rings is 1. The Labute approximate surface area is 174 Å². The zero-order chi connectivity index (χ0) is 21.1. The van der Waals surface area contributed by atoms with E-state index in [2.05, 4.69) is 20.8 Å². The average molecular weight is 424 g/mol. The highest BCUT2D eigenvalue weighted by Crippen LogP contribution is 2.22. The van der Waals surface area contributed by atoms with Crippen LogP contribution in [0.3, 0.4) is 0 Å². The number of aliphatic imine (C=N–C) groups is 1. The lowest BCUT2D eigenvalue weighted by Crippen LogP contribution is -2.49. The zero-order valence-corrected chi connectivity index (χ0v) is 17.0. The molecule has 2 aromatic rings. The van der Waals surface area contributed by atoms with Gasteiger partial charge in [-0.25, -0.2) is 13.4 Å². The number of piperazine rings is 1. The number of nitriles is 1. The first-order valence-corrected chi connectivity index (χ1v) is 11.0. The second kappa shape index (κ2) is 8.12. The van der Waals surface area contributed by atoms with E-state index in [1.165, 1.54) is 6.07 Å². The van der Waals surface area contributed by atoms with E-state index < -0.39 is 10.0 Å². The van der Waals surface area contributed by atoms with Crippen LogP contribution in [0, 0.1) is 11.3 Å². The Morgan fingerprint density at radius 3 is 2.70 bits per heavy atom. The summed E-state index contributed by atoms with van der Waals surface area (Å²) in [5.41, 5.74) is 1.05. The van der Waals surface area contributed by atoms with Gasteiger partial charge in [0.2, 0.25) is 5.91 Å². The van der Waals surface area contributed by atoms with Crippen molar-refractivity contribution in [2.24, 2.45) is 4.99 Å². The summed E-state index contributed by atoms with van der Waals surface area (Å²) < 4.78 is 26.6. The van der Waals surface area contributed by atoms with Gasteiger partial charge in [-0.05, 0) is 24.3 Å². The number of hydrogen-bond donors (Lipinski definition) is 1. The third-order valence-electron chi connectivity index (χ3n) is 5.10. The quantitative estimate of drug-likeness (QED) is 0.773. The van der Waals surface area contributed by atoms with Crippen LogP contribution in [-0.4, -0.2) is 62.8 Å². The van der Waals surface area contributed by atoms with Crippen LogP contribution >= 0.6 is 0 Å². The summed E-state index contributed by atoms with van der Waals surface area (Å²) in [6.45, 7) is 2.46. The summed E-state index contributed by atoms with van der Waals surface area (Å²) in [4.78, 5) is 25.1. The first-order chi connectivity index (χ1) is 14.5. The van der Waals surface area contributed by atoms with Gasteiger partial charge >= 0.3 is 0 Å². The van der Waals surface area contributed by atoms with Crippen molar-refractivity contribution in [1.82, 2.24) is 14.6 Å². The largest absolute Gasteiger partial charge is 0.352 e. The molecule has 9 nitrogen and oxygen atoms in total. The molecule has 154 valence electrons. The number of nitrogens with zero attached hydrogens (tertiary/aromatic N) is 5. The SMILES string of the molecule is N#Cc1cccnc1N1CCN(C(=O)CCN=C2NS(=O)(=O)c3ccccc32)CC1. The van der Waals surface area contributed by atoms with Crippen molar-refractivity contribution in [2.75, 3.05) is 37.6 Å². The van der Waals surface area contributed by atoms with E-state index in [1.54, 1.807) is 41.4 Å². The Kier molecular flexibility index (Phi) is 5.37. The first kappa shape index (κ1) is 19.8. The van der Waals surface area contributed by atoms with E-state index in [4.69, 9.17) is 0 Å². The van der Waals surface area contributed by atoms with Crippen molar-refractivity contribution in [3.05, 3.63) is 53.7 Å². The number of aromatic nitrogens is 1. The predicted octanol–water partition coefficient (Wildman–Crippen LogP) is 0.731. The third-order valence-corrected chi connectivity index (χ3v) is 6.49. The number of nitrogens with one attached hydrogen (secondary N) is 1. The van der Waals surface area contributed by atoms with Gasteiger partial charge in [0.25, 0.3) is 10.0 Å². The molecule has 1 N–H and O–H groups in total. The predicted molar refractivity (Wildman–Crippen MR) is 111 cm³/mol. The average Bonchev–Trinajstić information content (AvgIpc) is 3.04. The van der Waals surface area contributed by atoms with Gasteiger partial charge < -0.3 is 9.80 Å². The van der Waals surface area contributed by atoms with Crippen LogP contribution in [-0.2, 0) is 14.8 Å². The highest BCUT2D eigenvalue weighted by molar-refractivity contribution is 7.90. The molecule has 1 amide bonds. The number of hydrogen-bond acceptors (Lipinski definition) is 7. The summed E-state index contributed by atoms with van der Waals surface area (Å²) >= 11 is 0. The van der Waals surface area contributed by atoms with Gasteiger partial charge in [-0.3, -0.25) is 14.5 Å². The first-order valence-electron chi connectivity index (χ1n) is 9.54. The van der Waals surface area contributed by atoms with Crippen LogP contribution in [0.4, 0.5) is 5.82 Å². The Morgan fingerprint density at radius 1 is 1.17 bits per heavy atom. The molecule has 2 aliphatic heterocycles. The number of fused-ring (bicyclic) bond motifs is 1. The second-order valence-electron chi connectivity index (χ2n) is 6.94. The smallest absolute Gasteiger partial charge is 0.263 e. The number of anilines is 1. The van der Waals surface area contributed by atoms with Gasteiger partial charge in [0.1, 0.15) is 17.7 Å². The van der Waals surface area contributed by atoms with E-state index in [1.807, 2.05) is 4.90 Å². The Hall–Kier alpha value is -3.45. The molecule has 4 rings (SSSR count). The molecular weight excluding hydrogens is 404 g/mol. The fourth-order valence-corrected chi connectivity index (χ4v) is 4.83. The highest BCUT2D eigenvalue weighted by Gasteiger charge is 2.30. The number of pyridine rings is 1. The lowest BCUT2D eigenvalue weighted by Gasteiger charge is -2.35. The normalized spacial score (nSPS) is 18.6. The fraction of sp³-hybridized carbons (Fsp3) is 0.300. The lowest BCUT2D eigenvalue weighted by molar-refractivity contribution is -0.131. The van der Waals surface area contributed by atoms with Crippen LogP contribution in [0.1, 0.15) is 17.5 Å². The monoisotopic (exact) mass is 424 g/mol. The molecule has 30 heavy (non-hydrogen) atoms. The molecular formula is C20H20N6O3S. The summed E-state index contributed by atoms with van der Waals surface area (Å²) in [6, 6.07) is 12.2. The fourth-order valence-electron chi connectivity index (χ4n) is 3.58. The van der Waals surface area contributed by atoms with Gasteiger partial charge in [-0.2, -0.15) is 5.26 Å². The summed E-state index contributed by atoms with van der Waals surface area (Å²) in [6.07, 6.45) is 1.85. The molecule has 3 heterocycles. The molecule has 0 aliphatic carbocycles. The minimum atomic E-state index is -3.57. The van der Waals surface area contributed by atoms with Crippen molar-refractivity contribution in [3.8, 4) is 6.07 Å². The minimum absolute atomic E-state index is 0.0327. The maximum Gasteiger partial charge on any atom is 0.263 e. The number of sulfonamides is 1. The molecule has 0 bridgehead atoms. The summed E-state index contributed by atoms with van der Waals surface area (Å²) in [5.74, 6) is 0.891. The number of amidine groups is 1. The molecule has 2 aliphatic rings. The topological polar surface area (TPSA) is 119 Å². The number of rotatable bonds is 4. The number of carbonyl (C=O) groups excluding carboxylic acids is 1. The third kappa shape index (κ3) is 3.84. The maximum absolute atomic E-state index is 12.5. The van der Waals surface area contributed by atoms with Crippen LogP contribution in [0.2, 0.25) is 0 Å².